The summed E-state index contributed by atoms with van der Waals surface area (Å²) in [6.45, 7) is 10.6. The van der Waals surface area contributed by atoms with E-state index in [0.717, 1.165) is 36.0 Å². The van der Waals surface area contributed by atoms with E-state index in [1.165, 1.54) is 5.57 Å². The molecule has 2 N–H and O–H groups in total. The Kier molecular flexibility index (Phi) is 5.33. The first-order valence-electron chi connectivity index (χ1n) is 8.46. The molecule has 0 saturated heterocycles. The zero-order valence-corrected chi connectivity index (χ0v) is 14.6. The molecule has 4 atom stereocenters. The molecule has 0 heterocycles. The zero-order valence-electron chi connectivity index (χ0n) is 14.6. The van der Waals surface area contributed by atoms with Crippen molar-refractivity contribution in [1.29, 1.82) is 0 Å². The molecule has 0 fully saturated rings. The van der Waals surface area contributed by atoms with Crippen LogP contribution in [0.15, 0.2) is 23.8 Å². The van der Waals surface area contributed by atoms with Crippen LogP contribution in [0.5, 0.6) is 5.75 Å². The lowest BCUT2D eigenvalue weighted by Crippen LogP contribution is -2.31. The van der Waals surface area contributed by atoms with Gasteiger partial charge in [-0.15, -0.1) is 0 Å². The third kappa shape index (κ3) is 3.55. The molecular weight excluding hydrogens is 272 g/mol. The quantitative estimate of drug-likeness (QED) is 0.765. The first kappa shape index (κ1) is 17.1. The van der Waals surface area contributed by atoms with Gasteiger partial charge in [-0.05, 0) is 69.1 Å². The second-order valence-electron chi connectivity index (χ2n) is 7.35. The number of aliphatic hydroxyl groups is 1. The van der Waals surface area contributed by atoms with Crippen LogP contribution in [0.3, 0.4) is 0 Å². The number of fused-ring (bicyclic) bond motifs is 1. The highest BCUT2D eigenvalue weighted by Crippen LogP contribution is 2.47. The molecule has 22 heavy (non-hydrogen) atoms. The number of aliphatic hydroxyl groups excluding tert-OH is 1. The average molecular weight is 302 g/mol. The predicted octanol–water partition coefficient (Wildman–Crippen LogP) is 5.03. The van der Waals surface area contributed by atoms with E-state index < -0.39 is 0 Å². The number of phenolic OH excluding ortho intramolecular Hbond substituents is 1. The third-order valence-electron chi connectivity index (χ3n) is 4.98. The number of rotatable bonds is 4. The number of hydrogen-bond donors (Lipinski definition) is 2. The van der Waals surface area contributed by atoms with Gasteiger partial charge >= 0.3 is 0 Å². The predicted molar refractivity (Wildman–Crippen MR) is 92.5 cm³/mol. The van der Waals surface area contributed by atoms with Gasteiger partial charge in [-0.1, -0.05) is 31.6 Å². The van der Waals surface area contributed by atoms with Crippen LogP contribution >= 0.6 is 0 Å². The van der Waals surface area contributed by atoms with Gasteiger partial charge in [-0.2, -0.15) is 0 Å². The Morgan fingerprint density at radius 3 is 2.68 bits per heavy atom. The van der Waals surface area contributed by atoms with Gasteiger partial charge in [0.1, 0.15) is 5.75 Å². The SMILES string of the molecule is CC(C)=CCC[C@H](C)[C@H]1c2cc(C)cc(O)c2[C@H](C)C[C@H]1O. The number of phenols is 1. The fourth-order valence-electron chi connectivity index (χ4n) is 3.95. The fourth-order valence-corrected chi connectivity index (χ4v) is 3.95. The van der Waals surface area contributed by atoms with Crippen LogP contribution in [-0.2, 0) is 0 Å². The summed E-state index contributed by atoms with van der Waals surface area (Å²) in [5.41, 5.74) is 4.63. The summed E-state index contributed by atoms with van der Waals surface area (Å²) in [7, 11) is 0. The van der Waals surface area contributed by atoms with Crippen LogP contribution in [0, 0.1) is 12.8 Å². The van der Waals surface area contributed by atoms with Crippen LogP contribution < -0.4 is 0 Å². The molecular formula is C20H30O2. The minimum atomic E-state index is -0.314. The maximum Gasteiger partial charge on any atom is 0.119 e. The molecule has 2 rings (SSSR count). The van der Waals surface area contributed by atoms with Gasteiger partial charge in [0.05, 0.1) is 6.10 Å². The Balaban J connectivity index is 2.32. The highest BCUT2D eigenvalue weighted by Gasteiger charge is 2.36. The maximum absolute atomic E-state index is 10.6. The molecule has 0 amide bonds. The van der Waals surface area contributed by atoms with Gasteiger partial charge in [0.2, 0.25) is 0 Å². The lowest BCUT2D eigenvalue weighted by Gasteiger charge is -2.38. The van der Waals surface area contributed by atoms with Crippen molar-refractivity contribution in [3.63, 3.8) is 0 Å². The van der Waals surface area contributed by atoms with Crippen molar-refractivity contribution in [1.82, 2.24) is 0 Å². The average Bonchev–Trinajstić information content (AvgIpc) is 2.36. The molecule has 0 unspecified atom stereocenters. The summed E-state index contributed by atoms with van der Waals surface area (Å²) in [4.78, 5) is 0. The minimum absolute atomic E-state index is 0.127. The van der Waals surface area contributed by atoms with Crippen LogP contribution in [0.25, 0.3) is 0 Å². The molecule has 1 aliphatic rings. The first-order chi connectivity index (χ1) is 10.3. The highest BCUT2D eigenvalue weighted by atomic mass is 16.3. The summed E-state index contributed by atoms with van der Waals surface area (Å²) < 4.78 is 0. The summed E-state index contributed by atoms with van der Waals surface area (Å²) in [5.74, 6) is 1.14. The van der Waals surface area contributed by atoms with Crippen LogP contribution in [0.2, 0.25) is 0 Å². The summed E-state index contributed by atoms with van der Waals surface area (Å²) in [5, 5.41) is 21.0. The van der Waals surface area contributed by atoms with Gasteiger partial charge in [0, 0.05) is 11.5 Å². The second kappa shape index (κ2) is 6.87. The summed E-state index contributed by atoms with van der Waals surface area (Å²) in [6.07, 6.45) is 4.81. The number of benzene rings is 1. The number of hydrogen-bond acceptors (Lipinski definition) is 2. The van der Waals surface area contributed by atoms with Gasteiger partial charge in [-0.3, -0.25) is 0 Å². The van der Waals surface area contributed by atoms with Gasteiger partial charge in [0.15, 0.2) is 0 Å². The molecule has 1 aromatic carbocycles. The van der Waals surface area contributed by atoms with E-state index in [4.69, 9.17) is 0 Å². The molecule has 0 aliphatic heterocycles. The van der Waals surface area contributed by atoms with E-state index >= 15 is 0 Å². The van der Waals surface area contributed by atoms with E-state index in [1.54, 1.807) is 0 Å². The molecule has 0 saturated carbocycles. The number of aryl methyl sites for hydroxylation is 1. The van der Waals surface area contributed by atoms with Crippen molar-refractivity contribution in [3.8, 4) is 5.75 Å². The standard InChI is InChI=1S/C20H30O2/c1-12(2)7-6-8-14(4)19-16-9-13(3)10-17(21)20(16)15(5)11-18(19)22/h7,9-10,14-15,18-19,21-22H,6,8,11H2,1-5H3/t14-,15+,18+,19-/m0/s1. The second-order valence-corrected chi connectivity index (χ2v) is 7.35. The maximum atomic E-state index is 10.6. The Labute approximate surface area is 134 Å². The molecule has 0 radical (unpaired) electrons. The van der Waals surface area contributed by atoms with Gasteiger partial charge < -0.3 is 10.2 Å². The Bertz CT molecular complexity index is 555. The Hall–Kier alpha value is -1.28. The molecule has 2 nitrogen and oxygen atoms in total. The lowest BCUT2D eigenvalue weighted by molar-refractivity contribution is 0.0915. The zero-order chi connectivity index (χ0) is 16.4. The van der Waals surface area contributed by atoms with Crippen LogP contribution in [0.1, 0.15) is 75.5 Å². The van der Waals surface area contributed by atoms with Crippen LogP contribution in [-0.4, -0.2) is 16.3 Å². The monoisotopic (exact) mass is 302 g/mol. The van der Waals surface area contributed by atoms with Crippen molar-refractivity contribution in [3.05, 3.63) is 40.5 Å². The molecule has 0 aromatic heterocycles. The van der Waals surface area contributed by atoms with Gasteiger partial charge in [-0.25, -0.2) is 0 Å². The first-order valence-corrected chi connectivity index (χ1v) is 8.46. The summed E-state index contributed by atoms with van der Waals surface area (Å²) >= 11 is 0. The molecule has 122 valence electrons. The molecule has 1 aliphatic carbocycles. The van der Waals surface area contributed by atoms with E-state index in [1.807, 2.05) is 13.0 Å². The van der Waals surface area contributed by atoms with Crippen molar-refractivity contribution in [2.24, 2.45) is 5.92 Å². The minimum Gasteiger partial charge on any atom is -0.508 e. The van der Waals surface area contributed by atoms with E-state index in [0.29, 0.717) is 11.7 Å². The molecule has 0 spiro atoms. The van der Waals surface area contributed by atoms with Crippen molar-refractivity contribution in [2.45, 2.75) is 71.8 Å². The summed E-state index contributed by atoms with van der Waals surface area (Å²) in [6, 6.07) is 4.01. The van der Waals surface area contributed by atoms with E-state index in [9.17, 15) is 10.2 Å². The highest BCUT2D eigenvalue weighted by molar-refractivity contribution is 5.48. The van der Waals surface area contributed by atoms with E-state index in [2.05, 4.69) is 39.8 Å². The lowest BCUT2D eigenvalue weighted by atomic mass is 9.69. The normalized spacial score (nSPS) is 25.5. The topological polar surface area (TPSA) is 40.5 Å². The van der Waals surface area contributed by atoms with Gasteiger partial charge in [0.25, 0.3) is 0 Å². The largest absolute Gasteiger partial charge is 0.508 e. The third-order valence-corrected chi connectivity index (χ3v) is 4.98. The molecule has 0 bridgehead atoms. The van der Waals surface area contributed by atoms with Crippen molar-refractivity contribution in [2.75, 3.05) is 0 Å². The fraction of sp³-hybridized carbons (Fsp3) is 0.600. The number of aromatic hydroxyl groups is 1. The van der Waals surface area contributed by atoms with E-state index in [-0.39, 0.29) is 17.9 Å². The van der Waals surface area contributed by atoms with Crippen LogP contribution in [0.4, 0.5) is 0 Å². The van der Waals surface area contributed by atoms with Crippen molar-refractivity contribution < 1.29 is 10.2 Å². The Morgan fingerprint density at radius 2 is 2.05 bits per heavy atom. The molecule has 2 heteroatoms. The Morgan fingerprint density at radius 1 is 1.36 bits per heavy atom. The smallest absolute Gasteiger partial charge is 0.119 e. The van der Waals surface area contributed by atoms with Crippen molar-refractivity contribution >= 4 is 0 Å². The number of allylic oxidation sites excluding steroid dienone is 2. The molecule has 1 aromatic rings.